The molecular formula is C16H17ClN2O2. The Kier molecular flexibility index (Phi) is 5.31. The Balaban J connectivity index is 2.08. The second-order valence-corrected chi connectivity index (χ2v) is 5.23. The fourth-order valence-electron chi connectivity index (χ4n) is 2.08. The molecule has 0 aliphatic heterocycles. The van der Waals surface area contributed by atoms with Crippen LogP contribution >= 0.6 is 11.6 Å². The zero-order valence-electron chi connectivity index (χ0n) is 11.7. The van der Waals surface area contributed by atoms with Gasteiger partial charge in [0.15, 0.2) is 0 Å². The normalized spacial score (nSPS) is 12.0. The molecule has 5 heteroatoms. The van der Waals surface area contributed by atoms with Crippen molar-refractivity contribution in [1.82, 2.24) is 10.3 Å². The van der Waals surface area contributed by atoms with Crippen molar-refractivity contribution in [2.24, 2.45) is 0 Å². The number of carbonyl (C=O) groups excluding carboxylic acids is 1. The summed E-state index contributed by atoms with van der Waals surface area (Å²) < 4.78 is 0. The van der Waals surface area contributed by atoms with Gasteiger partial charge in [-0.3, -0.25) is 9.78 Å². The second-order valence-electron chi connectivity index (χ2n) is 4.82. The van der Waals surface area contributed by atoms with Gasteiger partial charge in [0.2, 0.25) is 0 Å². The van der Waals surface area contributed by atoms with Crippen LogP contribution in [0, 0.1) is 6.92 Å². The fraction of sp³-hybridized carbons (Fsp3) is 0.250. The Bertz CT molecular complexity index is 617. The maximum absolute atomic E-state index is 12.3. The van der Waals surface area contributed by atoms with Crippen LogP contribution in [0.15, 0.2) is 42.7 Å². The van der Waals surface area contributed by atoms with Crippen LogP contribution < -0.4 is 5.32 Å². The summed E-state index contributed by atoms with van der Waals surface area (Å²) in [5, 5.41) is 12.8. The molecule has 21 heavy (non-hydrogen) atoms. The lowest BCUT2D eigenvalue weighted by molar-refractivity contribution is 0.0916. The van der Waals surface area contributed by atoms with E-state index in [-0.39, 0.29) is 18.6 Å². The van der Waals surface area contributed by atoms with Crippen molar-refractivity contribution in [3.8, 4) is 0 Å². The van der Waals surface area contributed by atoms with Crippen LogP contribution in [0.2, 0.25) is 5.02 Å². The quantitative estimate of drug-likeness (QED) is 0.891. The molecule has 0 radical (unpaired) electrons. The van der Waals surface area contributed by atoms with Crippen molar-refractivity contribution in [2.75, 3.05) is 6.61 Å². The lowest BCUT2D eigenvalue weighted by Gasteiger charge is -2.17. The number of carbonyl (C=O) groups is 1. The first-order valence-electron chi connectivity index (χ1n) is 6.67. The number of rotatable bonds is 5. The molecule has 1 amide bonds. The number of hydrogen-bond acceptors (Lipinski definition) is 3. The molecule has 2 rings (SSSR count). The van der Waals surface area contributed by atoms with Crippen molar-refractivity contribution in [1.29, 1.82) is 0 Å². The van der Waals surface area contributed by atoms with E-state index in [1.165, 1.54) is 0 Å². The number of nitrogens with zero attached hydrogens (tertiary/aromatic N) is 1. The first-order chi connectivity index (χ1) is 10.1. The van der Waals surface area contributed by atoms with Crippen LogP contribution in [0.3, 0.4) is 0 Å². The molecule has 0 fully saturated rings. The van der Waals surface area contributed by atoms with Crippen molar-refractivity contribution < 1.29 is 9.90 Å². The third kappa shape index (κ3) is 4.03. The first-order valence-corrected chi connectivity index (χ1v) is 7.05. The minimum absolute atomic E-state index is 0.131. The molecule has 2 N–H and O–H groups in total. The zero-order chi connectivity index (χ0) is 15.2. The zero-order valence-corrected chi connectivity index (χ0v) is 12.5. The van der Waals surface area contributed by atoms with Crippen molar-refractivity contribution in [2.45, 2.75) is 19.4 Å². The molecule has 2 aromatic rings. The highest BCUT2D eigenvalue weighted by Gasteiger charge is 2.16. The van der Waals surface area contributed by atoms with E-state index in [2.05, 4.69) is 10.3 Å². The van der Waals surface area contributed by atoms with Crippen LogP contribution in [0.5, 0.6) is 0 Å². The summed E-state index contributed by atoms with van der Waals surface area (Å²) in [5.41, 5.74) is 2.26. The summed E-state index contributed by atoms with van der Waals surface area (Å²) in [5.74, 6) is -0.233. The minimum Gasteiger partial charge on any atom is -0.394 e. The number of hydrogen-bond donors (Lipinski definition) is 2. The van der Waals surface area contributed by atoms with Gasteiger partial charge in [-0.15, -0.1) is 0 Å². The van der Waals surface area contributed by atoms with E-state index in [1.54, 1.807) is 37.5 Å². The third-order valence-corrected chi connectivity index (χ3v) is 3.71. The Morgan fingerprint density at radius 3 is 2.71 bits per heavy atom. The lowest BCUT2D eigenvalue weighted by atomic mass is 10.1. The average Bonchev–Trinajstić information content (AvgIpc) is 2.50. The predicted molar refractivity (Wildman–Crippen MR) is 82.5 cm³/mol. The van der Waals surface area contributed by atoms with E-state index in [9.17, 15) is 9.90 Å². The van der Waals surface area contributed by atoms with Crippen molar-refractivity contribution in [3.63, 3.8) is 0 Å². The van der Waals surface area contributed by atoms with E-state index in [0.29, 0.717) is 17.0 Å². The van der Waals surface area contributed by atoms with Crippen LogP contribution in [0.1, 0.15) is 21.5 Å². The van der Waals surface area contributed by atoms with Gasteiger partial charge in [-0.1, -0.05) is 17.7 Å². The van der Waals surface area contributed by atoms with Crippen LogP contribution in [0.4, 0.5) is 0 Å². The number of aromatic nitrogens is 1. The highest BCUT2D eigenvalue weighted by atomic mass is 35.5. The number of pyridine rings is 1. The van der Waals surface area contributed by atoms with Gasteiger partial charge in [0.05, 0.1) is 12.6 Å². The smallest absolute Gasteiger partial charge is 0.251 e. The standard InChI is InChI=1S/C16H17ClN2O2/c1-11-14(3-2-4-15(11)17)16(21)19-13(10-20)9-12-5-7-18-8-6-12/h2-8,13,20H,9-10H2,1H3,(H,19,21)/t13-/m0/s1. The van der Waals surface area contributed by atoms with Gasteiger partial charge in [-0.25, -0.2) is 0 Å². The predicted octanol–water partition coefficient (Wildman–Crippen LogP) is 2.38. The number of aliphatic hydroxyl groups excluding tert-OH is 1. The summed E-state index contributed by atoms with van der Waals surface area (Å²) in [4.78, 5) is 16.2. The summed E-state index contributed by atoms with van der Waals surface area (Å²) >= 11 is 6.02. The summed E-state index contributed by atoms with van der Waals surface area (Å²) in [6.45, 7) is 1.67. The van der Waals surface area contributed by atoms with Gasteiger partial charge >= 0.3 is 0 Å². The Morgan fingerprint density at radius 1 is 1.33 bits per heavy atom. The van der Waals surface area contributed by atoms with E-state index in [4.69, 9.17) is 11.6 Å². The molecule has 0 unspecified atom stereocenters. The topological polar surface area (TPSA) is 62.2 Å². The number of halogens is 1. The van der Waals surface area contributed by atoms with Crippen molar-refractivity contribution >= 4 is 17.5 Å². The van der Waals surface area contributed by atoms with E-state index >= 15 is 0 Å². The Hall–Kier alpha value is -1.91. The first kappa shape index (κ1) is 15.5. The molecule has 0 bridgehead atoms. The minimum atomic E-state index is -0.349. The second kappa shape index (κ2) is 7.20. The molecule has 0 saturated heterocycles. The van der Waals surface area contributed by atoms with Gasteiger partial charge in [0.25, 0.3) is 5.91 Å². The average molecular weight is 305 g/mol. The monoisotopic (exact) mass is 304 g/mol. The van der Waals surface area contributed by atoms with Crippen molar-refractivity contribution in [3.05, 3.63) is 64.4 Å². The van der Waals surface area contributed by atoms with Gasteiger partial charge in [0, 0.05) is 23.0 Å². The maximum atomic E-state index is 12.3. The molecule has 110 valence electrons. The molecular weight excluding hydrogens is 288 g/mol. The van der Waals surface area contributed by atoms with E-state index in [1.807, 2.05) is 12.1 Å². The maximum Gasteiger partial charge on any atom is 0.251 e. The molecule has 4 nitrogen and oxygen atoms in total. The highest BCUT2D eigenvalue weighted by molar-refractivity contribution is 6.31. The molecule has 0 saturated carbocycles. The molecule has 1 aromatic carbocycles. The number of nitrogens with one attached hydrogen (secondary N) is 1. The highest BCUT2D eigenvalue weighted by Crippen LogP contribution is 2.18. The summed E-state index contributed by atoms with van der Waals surface area (Å²) in [6, 6.07) is 8.57. The summed E-state index contributed by atoms with van der Waals surface area (Å²) in [6.07, 6.45) is 3.92. The van der Waals surface area contributed by atoms with Gasteiger partial charge < -0.3 is 10.4 Å². The van der Waals surface area contributed by atoms with Gasteiger partial charge in [-0.05, 0) is 48.7 Å². The van der Waals surface area contributed by atoms with Crippen LogP contribution in [0.25, 0.3) is 0 Å². The SMILES string of the molecule is Cc1c(Cl)cccc1C(=O)N[C@H](CO)Cc1ccncc1. The Labute approximate surface area is 128 Å². The van der Waals surface area contributed by atoms with Crippen LogP contribution in [-0.2, 0) is 6.42 Å². The number of benzene rings is 1. The number of aliphatic hydroxyl groups is 1. The molecule has 1 atom stereocenters. The molecule has 1 heterocycles. The van der Waals surface area contributed by atoms with E-state index < -0.39 is 0 Å². The molecule has 0 spiro atoms. The summed E-state index contributed by atoms with van der Waals surface area (Å²) in [7, 11) is 0. The largest absolute Gasteiger partial charge is 0.394 e. The Morgan fingerprint density at radius 2 is 2.05 bits per heavy atom. The molecule has 1 aromatic heterocycles. The number of amides is 1. The lowest BCUT2D eigenvalue weighted by Crippen LogP contribution is -2.39. The molecule has 0 aliphatic carbocycles. The van der Waals surface area contributed by atoms with Crippen LogP contribution in [-0.4, -0.2) is 28.6 Å². The van der Waals surface area contributed by atoms with Gasteiger partial charge in [0.1, 0.15) is 0 Å². The third-order valence-electron chi connectivity index (χ3n) is 3.30. The molecule has 0 aliphatic rings. The van der Waals surface area contributed by atoms with Gasteiger partial charge in [-0.2, -0.15) is 0 Å². The van der Waals surface area contributed by atoms with E-state index in [0.717, 1.165) is 11.1 Å². The fourth-order valence-corrected chi connectivity index (χ4v) is 2.26.